The van der Waals surface area contributed by atoms with E-state index in [1.165, 1.54) is 39.9 Å². The van der Waals surface area contributed by atoms with Crippen molar-refractivity contribution in [3.8, 4) is 5.75 Å². The largest absolute Gasteiger partial charge is 0.497 e. The van der Waals surface area contributed by atoms with Gasteiger partial charge in [-0.15, -0.1) is 6.58 Å². The molecule has 0 N–H and O–H groups in total. The Balaban J connectivity index is 1.64. The number of rotatable bonds is 7. The topological polar surface area (TPSA) is 81.0 Å². The fourth-order valence-electron chi connectivity index (χ4n) is 4.12. The summed E-state index contributed by atoms with van der Waals surface area (Å²) in [4.78, 5) is 17.9. The van der Waals surface area contributed by atoms with Crippen molar-refractivity contribution in [3.63, 3.8) is 0 Å². The molecule has 2 aromatic carbocycles. The van der Waals surface area contributed by atoms with Gasteiger partial charge in [-0.25, -0.2) is 8.42 Å². The van der Waals surface area contributed by atoms with Gasteiger partial charge in [0.25, 0.3) is 5.91 Å². The summed E-state index contributed by atoms with van der Waals surface area (Å²) in [7, 11) is -0.354. The van der Waals surface area contributed by atoms with Crippen molar-refractivity contribution in [2.75, 3.05) is 14.2 Å². The molecule has 0 bridgehead atoms. The maximum absolute atomic E-state index is 13.0. The number of methoxy groups -OCH3 is 1. The Morgan fingerprint density at radius 3 is 2.58 bits per heavy atom. The van der Waals surface area contributed by atoms with Crippen LogP contribution < -0.4 is 9.54 Å². The molecule has 0 radical (unpaired) electrons. The van der Waals surface area contributed by atoms with E-state index < -0.39 is 15.9 Å². The van der Waals surface area contributed by atoms with Gasteiger partial charge >= 0.3 is 0 Å². The molecule has 0 saturated heterocycles. The van der Waals surface area contributed by atoms with Gasteiger partial charge < -0.3 is 9.30 Å². The van der Waals surface area contributed by atoms with E-state index in [4.69, 9.17) is 4.74 Å². The molecule has 7 nitrogen and oxygen atoms in total. The van der Waals surface area contributed by atoms with Crippen LogP contribution in [0, 0.1) is 0 Å². The highest BCUT2D eigenvalue weighted by molar-refractivity contribution is 7.89. The molecule has 1 aromatic heterocycles. The van der Waals surface area contributed by atoms with E-state index in [9.17, 15) is 13.2 Å². The molecule has 0 atom stereocenters. The maximum atomic E-state index is 13.0. The summed E-state index contributed by atoms with van der Waals surface area (Å²) < 4.78 is 35.5. The molecule has 0 spiro atoms. The minimum atomic E-state index is -3.60. The SMILES string of the molecule is C=CCn1c(=NC(=O)c2ccc(S(=O)(=O)N(C)C3CCCC3)cc2)sc2cc(OC)ccc21. The fraction of sp³-hybridized carbons (Fsp3) is 0.333. The van der Waals surface area contributed by atoms with Crippen molar-refractivity contribution in [1.29, 1.82) is 0 Å². The molecular formula is C24H27N3O4S2. The van der Waals surface area contributed by atoms with E-state index in [-0.39, 0.29) is 10.9 Å². The summed E-state index contributed by atoms with van der Waals surface area (Å²) in [6.07, 6.45) is 5.62. The Bertz CT molecular complexity index is 1350. The number of amides is 1. The standard InChI is InChI=1S/C24H27N3O4S2/c1-4-15-27-21-14-11-19(31-3)16-22(21)32-24(27)25-23(28)17-9-12-20(13-10-17)33(29,30)26(2)18-7-5-6-8-18/h4,9-14,16,18H,1,5-8,15H2,2-3H3. The number of aromatic nitrogens is 1. The van der Waals surface area contributed by atoms with Gasteiger partial charge in [0, 0.05) is 25.2 Å². The second-order valence-electron chi connectivity index (χ2n) is 8.02. The Morgan fingerprint density at radius 2 is 1.94 bits per heavy atom. The Labute approximate surface area is 197 Å². The van der Waals surface area contributed by atoms with E-state index in [1.54, 1.807) is 20.2 Å². The minimum Gasteiger partial charge on any atom is -0.497 e. The van der Waals surface area contributed by atoms with Crippen LogP contribution >= 0.6 is 11.3 Å². The van der Waals surface area contributed by atoms with E-state index in [2.05, 4.69) is 11.6 Å². The molecule has 33 heavy (non-hydrogen) atoms. The van der Waals surface area contributed by atoms with Crippen molar-refractivity contribution >= 4 is 37.5 Å². The number of sulfonamides is 1. The van der Waals surface area contributed by atoms with Crippen molar-refractivity contribution in [1.82, 2.24) is 8.87 Å². The lowest BCUT2D eigenvalue weighted by atomic mass is 10.2. The molecule has 9 heteroatoms. The molecule has 1 aliphatic carbocycles. The highest BCUT2D eigenvalue weighted by Gasteiger charge is 2.30. The average Bonchev–Trinajstić information content (AvgIpc) is 3.47. The Kier molecular flexibility index (Phi) is 6.83. The highest BCUT2D eigenvalue weighted by atomic mass is 32.2. The Morgan fingerprint density at radius 1 is 1.24 bits per heavy atom. The monoisotopic (exact) mass is 485 g/mol. The number of benzene rings is 2. The molecule has 1 fully saturated rings. The molecule has 1 amide bonds. The lowest BCUT2D eigenvalue weighted by molar-refractivity contribution is 0.0997. The molecule has 0 aliphatic heterocycles. The van der Waals surface area contributed by atoms with Crippen LogP contribution in [0.5, 0.6) is 5.75 Å². The number of carbonyl (C=O) groups is 1. The quantitative estimate of drug-likeness (QED) is 0.470. The average molecular weight is 486 g/mol. The number of carbonyl (C=O) groups excluding carboxylic acids is 1. The van der Waals surface area contributed by atoms with Gasteiger partial charge in [0.1, 0.15) is 5.75 Å². The van der Waals surface area contributed by atoms with E-state index in [0.717, 1.165) is 41.6 Å². The highest BCUT2D eigenvalue weighted by Crippen LogP contribution is 2.27. The zero-order chi connectivity index (χ0) is 23.6. The third-order valence-electron chi connectivity index (χ3n) is 6.02. The van der Waals surface area contributed by atoms with E-state index in [1.807, 2.05) is 22.8 Å². The first-order valence-corrected chi connectivity index (χ1v) is 13.1. The van der Waals surface area contributed by atoms with Gasteiger partial charge in [-0.1, -0.05) is 30.3 Å². The summed E-state index contributed by atoms with van der Waals surface area (Å²) in [5.41, 5.74) is 1.27. The van der Waals surface area contributed by atoms with Crippen LogP contribution in [-0.4, -0.2) is 43.4 Å². The predicted octanol–water partition coefficient (Wildman–Crippen LogP) is 4.20. The fourth-order valence-corrected chi connectivity index (χ4v) is 6.60. The molecule has 3 aromatic rings. The van der Waals surface area contributed by atoms with Crippen LogP contribution in [0.4, 0.5) is 0 Å². The molecular weight excluding hydrogens is 458 g/mol. The number of hydrogen-bond acceptors (Lipinski definition) is 5. The smallest absolute Gasteiger partial charge is 0.279 e. The first-order valence-electron chi connectivity index (χ1n) is 10.8. The van der Waals surface area contributed by atoms with Crippen LogP contribution in [0.25, 0.3) is 10.2 Å². The maximum Gasteiger partial charge on any atom is 0.279 e. The third kappa shape index (κ3) is 4.66. The second kappa shape index (κ2) is 9.62. The van der Waals surface area contributed by atoms with Crippen LogP contribution in [0.3, 0.4) is 0 Å². The first kappa shape index (κ1) is 23.4. The summed E-state index contributed by atoms with van der Waals surface area (Å²) in [5.74, 6) is 0.297. The molecule has 1 saturated carbocycles. The van der Waals surface area contributed by atoms with Crippen LogP contribution in [0.2, 0.25) is 0 Å². The van der Waals surface area contributed by atoms with Crippen LogP contribution in [0.15, 0.2) is 65.0 Å². The van der Waals surface area contributed by atoms with E-state index >= 15 is 0 Å². The van der Waals surface area contributed by atoms with Crippen molar-refractivity contribution in [3.05, 3.63) is 65.5 Å². The van der Waals surface area contributed by atoms with Crippen molar-refractivity contribution < 1.29 is 17.9 Å². The van der Waals surface area contributed by atoms with Crippen LogP contribution in [0.1, 0.15) is 36.0 Å². The summed E-state index contributed by atoms with van der Waals surface area (Å²) in [6.45, 7) is 4.30. The second-order valence-corrected chi connectivity index (χ2v) is 11.0. The third-order valence-corrected chi connectivity index (χ3v) is 8.98. The van der Waals surface area contributed by atoms with E-state index in [0.29, 0.717) is 16.9 Å². The molecule has 0 unspecified atom stereocenters. The number of thiazole rings is 1. The summed E-state index contributed by atoms with van der Waals surface area (Å²) in [6, 6.07) is 11.8. The van der Waals surface area contributed by atoms with Crippen LogP contribution in [-0.2, 0) is 16.6 Å². The van der Waals surface area contributed by atoms with Crippen molar-refractivity contribution in [2.24, 2.45) is 4.99 Å². The number of ether oxygens (including phenoxy) is 1. The Hall–Kier alpha value is -2.75. The lowest BCUT2D eigenvalue weighted by Gasteiger charge is -2.23. The summed E-state index contributed by atoms with van der Waals surface area (Å²) in [5, 5.41) is 0. The molecule has 1 heterocycles. The zero-order valence-corrected chi connectivity index (χ0v) is 20.4. The van der Waals surface area contributed by atoms with Gasteiger partial charge in [-0.05, 0) is 55.3 Å². The normalized spacial score (nSPS) is 15.4. The van der Waals surface area contributed by atoms with Gasteiger partial charge in [0.2, 0.25) is 10.0 Å². The number of nitrogens with zero attached hydrogens (tertiary/aromatic N) is 3. The lowest BCUT2D eigenvalue weighted by Crippen LogP contribution is -2.35. The molecule has 4 rings (SSSR count). The molecule has 174 valence electrons. The number of hydrogen-bond donors (Lipinski definition) is 0. The number of fused-ring (bicyclic) bond motifs is 1. The minimum absolute atomic E-state index is 0.0400. The van der Waals surface area contributed by atoms with Gasteiger partial charge in [-0.3, -0.25) is 4.79 Å². The predicted molar refractivity (Wildman–Crippen MR) is 130 cm³/mol. The zero-order valence-electron chi connectivity index (χ0n) is 18.7. The van der Waals surface area contributed by atoms with Gasteiger partial charge in [-0.2, -0.15) is 9.30 Å². The van der Waals surface area contributed by atoms with Gasteiger partial charge in [0.05, 0.1) is 22.2 Å². The van der Waals surface area contributed by atoms with Gasteiger partial charge in [0.15, 0.2) is 4.80 Å². The summed E-state index contributed by atoms with van der Waals surface area (Å²) >= 11 is 1.39. The van der Waals surface area contributed by atoms with Crippen molar-refractivity contribution in [2.45, 2.75) is 43.2 Å². The number of allylic oxidation sites excluding steroid dienone is 1. The molecule has 1 aliphatic rings. The first-order chi connectivity index (χ1) is 15.8.